The molecule has 5 nitrogen and oxygen atoms in total. The fourth-order valence-corrected chi connectivity index (χ4v) is 2.64. The van der Waals surface area contributed by atoms with Crippen molar-refractivity contribution in [3.8, 4) is 11.5 Å². The molecule has 0 spiro atoms. The van der Waals surface area contributed by atoms with Crippen molar-refractivity contribution in [1.29, 1.82) is 0 Å². The van der Waals surface area contributed by atoms with Crippen LogP contribution in [0.5, 0.6) is 11.5 Å². The number of hydrogen-bond donors (Lipinski definition) is 1. The summed E-state index contributed by atoms with van der Waals surface area (Å²) >= 11 is 0. The highest BCUT2D eigenvalue weighted by Crippen LogP contribution is 2.29. The number of amides is 1. The second-order valence-electron chi connectivity index (χ2n) is 5.56. The van der Waals surface area contributed by atoms with Crippen LogP contribution in [0.1, 0.15) is 28.8 Å². The summed E-state index contributed by atoms with van der Waals surface area (Å²) in [5.74, 6) is 1.27. The van der Waals surface area contributed by atoms with Gasteiger partial charge in [0.15, 0.2) is 0 Å². The summed E-state index contributed by atoms with van der Waals surface area (Å²) in [7, 11) is 5.30. The third-order valence-corrected chi connectivity index (χ3v) is 4.07. The monoisotopic (exact) mass is 292 g/mol. The molecule has 1 amide bonds. The van der Waals surface area contributed by atoms with E-state index < -0.39 is 0 Å². The normalized spacial score (nSPS) is 16.6. The van der Waals surface area contributed by atoms with Crippen LogP contribution in [0.25, 0.3) is 0 Å². The first-order valence-corrected chi connectivity index (χ1v) is 7.27. The molecule has 1 saturated heterocycles. The van der Waals surface area contributed by atoms with Gasteiger partial charge in [0.25, 0.3) is 5.91 Å². The van der Waals surface area contributed by atoms with Crippen LogP contribution < -0.4 is 14.8 Å². The van der Waals surface area contributed by atoms with Gasteiger partial charge in [-0.15, -0.1) is 0 Å². The van der Waals surface area contributed by atoms with Gasteiger partial charge in [0.05, 0.1) is 14.2 Å². The number of ether oxygens (including phenoxy) is 2. The second kappa shape index (κ2) is 6.80. The molecule has 0 aromatic heterocycles. The molecule has 0 aliphatic carbocycles. The van der Waals surface area contributed by atoms with E-state index >= 15 is 0 Å². The lowest BCUT2D eigenvalue weighted by Crippen LogP contribution is -2.43. The van der Waals surface area contributed by atoms with E-state index in [1.165, 1.54) is 0 Å². The molecule has 0 atom stereocenters. The number of carbonyl (C=O) groups excluding carboxylic acids is 1. The Kier molecular flexibility index (Phi) is 5.07. The number of carbonyl (C=O) groups is 1. The van der Waals surface area contributed by atoms with Crippen LogP contribution in [0.3, 0.4) is 0 Å². The van der Waals surface area contributed by atoms with Gasteiger partial charge in [-0.2, -0.15) is 0 Å². The predicted molar refractivity (Wildman–Crippen MR) is 82.3 cm³/mol. The molecule has 0 bridgehead atoms. The summed E-state index contributed by atoms with van der Waals surface area (Å²) < 4.78 is 10.6. The molecule has 1 N–H and O–H groups in total. The van der Waals surface area contributed by atoms with Gasteiger partial charge >= 0.3 is 0 Å². The third kappa shape index (κ3) is 3.67. The minimum Gasteiger partial charge on any atom is -0.496 e. The largest absolute Gasteiger partial charge is 0.496 e. The average molecular weight is 292 g/mol. The van der Waals surface area contributed by atoms with Crippen LogP contribution in [-0.4, -0.2) is 51.2 Å². The quantitative estimate of drug-likeness (QED) is 0.920. The van der Waals surface area contributed by atoms with Crippen LogP contribution in [0, 0.1) is 6.92 Å². The molecule has 1 heterocycles. The summed E-state index contributed by atoms with van der Waals surface area (Å²) in [4.78, 5) is 14.7. The molecule has 1 fully saturated rings. The number of benzene rings is 1. The van der Waals surface area contributed by atoms with E-state index in [9.17, 15) is 4.79 Å². The molecule has 116 valence electrons. The van der Waals surface area contributed by atoms with Crippen molar-refractivity contribution >= 4 is 5.91 Å². The number of piperidine rings is 1. The van der Waals surface area contributed by atoms with Crippen molar-refractivity contribution in [2.24, 2.45) is 0 Å². The molecule has 1 aliphatic rings. The Morgan fingerprint density at radius 1 is 1.19 bits per heavy atom. The van der Waals surface area contributed by atoms with Gasteiger partial charge in [0.2, 0.25) is 0 Å². The smallest absolute Gasteiger partial charge is 0.251 e. The highest BCUT2D eigenvalue weighted by atomic mass is 16.5. The van der Waals surface area contributed by atoms with Crippen LogP contribution in [0.2, 0.25) is 0 Å². The first-order valence-electron chi connectivity index (χ1n) is 7.27. The van der Waals surface area contributed by atoms with E-state index in [2.05, 4.69) is 17.3 Å². The van der Waals surface area contributed by atoms with Crippen molar-refractivity contribution in [2.45, 2.75) is 25.8 Å². The van der Waals surface area contributed by atoms with Crippen molar-refractivity contribution in [3.63, 3.8) is 0 Å². The number of likely N-dealkylation sites (tertiary alicyclic amines) is 1. The molecule has 21 heavy (non-hydrogen) atoms. The maximum atomic E-state index is 12.4. The number of hydrogen-bond acceptors (Lipinski definition) is 4. The number of methoxy groups -OCH3 is 2. The zero-order valence-corrected chi connectivity index (χ0v) is 13.2. The van der Waals surface area contributed by atoms with E-state index in [0.29, 0.717) is 17.1 Å². The lowest BCUT2D eigenvalue weighted by atomic mass is 10.0. The van der Waals surface area contributed by atoms with E-state index in [4.69, 9.17) is 9.47 Å². The Balaban J connectivity index is 2.11. The number of rotatable bonds is 4. The van der Waals surface area contributed by atoms with Gasteiger partial charge in [-0.25, -0.2) is 0 Å². The van der Waals surface area contributed by atoms with Crippen molar-refractivity contribution in [2.75, 3.05) is 34.4 Å². The molecule has 0 radical (unpaired) electrons. The molecule has 2 rings (SSSR count). The molecule has 1 aromatic carbocycles. The predicted octanol–water partition coefficient (Wildman–Crippen LogP) is 1.84. The highest BCUT2D eigenvalue weighted by molar-refractivity contribution is 5.95. The SMILES string of the molecule is COc1cc(C(=O)NC2CCN(C)CC2)cc(OC)c1C. The fourth-order valence-electron chi connectivity index (χ4n) is 2.64. The minimum absolute atomic E-state index is 0.0684. The van der Waals surface area contributed by atoms with E-state index in [1.54, 1.807) is 26.4 Å². The molecular formula is C16H24N2O3. The van der Waals surface area contributed by atoms with Crippen LogP contribution >= 0.6 is 0 Å². The summed E-state index contributed by atoms with van der Waals surface area (Å²) in [6.07, 6.45) is 1.98. The van der Waals surface area contributed by atoms with Crippen LogP contribution in [0.15, 0.2) is 12.1 Å². The number of nitrogens with one attached hydrogen (secondary N) is 1. The minimum atomic E-state index is -0.0684. The lowest BCUT2D eigenvalue weighted by Gasteiger charge is -2.29. The van der Waals surface area contributed by atoms with Crippen LogP contribution in [-0.2, 0) is 0 Å². The first-order chi connectivity index (χ1) is 10.0. The van der Waals surface area contributed by atoms with Crippen LogP contribution in [0.4, 0.5) is 0 Å². The average Bonchev–Trinajstić information content (AvgIpc) is 2.49. The Morgan fingerprint density at radius 2 is 1.71 bits per heavy atom. The molecule has 0 saturated carbocycles. The standard InChI is InChI=1S/C16H24N2O3/c1-11-14(20-3)9-12(10-15(11)21-4)16(19)17-13-5-7-18(2)8-6-13/h9-10,13H,5-8H2,1-4H3,(H,17,19). The maximum absolute atomic E-state index is 12.4. The maximum Gasteiger partial charge on any atom is 0.251 e. The van der Waals surface area contributed by atoms with E-state index in [1.807, 2.05) is 6.92 Å². The molecule has 1 aromatic rings. The molecule has 0 unspecified atom stereocenters. The Hall–Kier alpha value is -1.75. The van der Waals surface area contributed by atoms with Crippen molar-refractivity contribution in [1.82, 2.24) is 10.2 Å². The Labute approximate surface area is 126 Å². The van der Waals surface area contributed by atoms with Gasteiger partial charge in [-0.05, 0) is 52.0 Å². The summed E-state index contributed by atoms with van der Waals surface area (Å²) in [6, 6.07) is 3.77. The van der Waals surface area contributed by atoms with Gasteiger partial charge < -0.3 is 19.7 Å². The second-order valence-corrected chi connectivity index (χ2v) is 5.56. The topological polar surface area (TPSA) is 50.8 Å². The fraction of sp³-hybridized carbons (Fsp3) is 0.562. The van der Waals surface area contributed by atoms with Crippen molar-refractivity contribution < 1.29 is 14.3 Å². The summed E-state index contributed by atoms with van der Waals surface area (Å²) in [5, 5.41) is 3.10. The molecular weight excluding hydrogens is 268 g/mol. The van der Waals surface area contributed by atoms with Gasteiger partial charge in [0.1, 0.15) is 11.5 Å². The number of nitrogens with zero attached hydrogens (tertiary/aromatic N) is 1. The van der Waals surface area contributed by atoms with E-state index in [0.717, 1.165) is 31.5 Å². The highest BCUT2D eigenvalue weighted by Gasteiger charge is 2.20. The summed E-state index contributed by atoms with van der Waals surface area (Å²) in [5.41, 5.74) is 1.48. The Morgan fingerprint density at radius 3 is 2.19 bits per heavy atom. The zero-order valence-electron chi connectivity index (χ0n) is 13.2. The first kappa shape index (κ1) is 15.6. The third-order valence-electron chi connectivity index (χ3n) is 4.07. The Bertz CT molecular complexity index is 483. The van der Waals surface area contributed by atoms with E-state index in [-0.39, 0.29) is 11.9 Å². The lowest BCUT2D eigenvalue weighted by molar-refractivity contribution is 0.0916. The van der Waals surface area contributed by atoms with Gasteiger partial charge in [-0.1, -0.05) is 0 Å². The molecule has 5 heteroatoms. The van der Waals surface area contributed by atoms with Crippen molar-refractivity contribution in [3.05, 3.63) is 23.3 Å². The zero-order chi connectivity index (χ0) is 15.4. The molecule has 1 aliphatic heterocycles. The van der Waals surface area contributed by atoms with Gasteiger partial charge in [-0.3, -0.25) is 4.79 Å². The van der Waals surface area contributed by atoms with Gasteiger partial charge in [0, 0.05) is 17.2 Å². The summed E-state index contributed by atoms with van der Waals surface area (Å²) in [6.45, 7) is 3.95.